The van der Waals surface area contributed by atoms with Crippen LogP contribution in [-0.2, 0) is 19.8 Å². The van der Waals surface area contributed by atoms with Gasteiger partial charge in [-0.3, -0.25) is 14.4 Å². The molecule has 0 saturated carbocycles. The number of carbonyl (C=O) groups is 3. The molecule has 3 amide bonds. The quantitative estimate of drug-likeness (QED) is 0.787. The topological polar surface area (TPSA) is 116 Å². The van der Waals surface area contributed by atoms with Gasteiger partial charge in [0, 0.05) is 18.0 Å². The van der Waals surface area contributed by atoms with Gasteiger partial charge in [-0.25, -0.2) is 0 Å². The molecule has 3 rings (SSSR count). The SMILES string of the molecule is CC(=O)N1c2ccccc2C(C)(c2ccc(OCC(N)=O)cc2)C(C(N)=O)C1(C)C. The summed E-state index contributed by atoms with van der Waals surface area (Å²) in [6.07, 6.45) is 0. The molecule has 0 aromatic heterocycles. The van der Waals surface area contributed by atoms with E-state index in [1.54, 1.807) is 17.0 Å². The number of benzene rings is 2. The van der Waals surface area contributed by atoms with Crippen LogP contribution in [0.2, 0.25) is 0 Å². The maximum Gasteiger partial charge on any atom is 0.255 e. The van der Waals surface area contributed by atoms with E-state index in [0.29, 0.717) is 5.75 Å². The minimum absolute atomic E-state index is 0.157. The smallest absolute Gasteiger partial charge is 0.255 e. The van der Waals surface area contributed by atoms with Crippen molar-refractivity contribution < 1.29 is 19.1 Å². The number of ether oxygens (including phenoxy) is 1. The largest absolute Gasteiger partial charge is 0.484 e. The highest BCUT2D eigenvalue weighted by atomic mass is 16.5. The number of anilines is 1. The van der Waals surface area contributed by atoms with E-state index in [0.717, 1.165) is 16.8 Å². The summed E-state index contributed by atoms with van der Waals surface area (Å²) < 4.78 is 5.36. The van der Waals surface area contributed by atoms with E-state index in [2.05, 4.69) is 0 Å². The molecule has 1 heterocycles. The molecule has 7 heteroatoms. The van der Waals surface area contributed by atoms with Gasteiger partial charge in [-0.2, -0.15) is 0 Å². The molecule has 30 heavy (non-hydrogen) atoms. The average molecular weight is 409 g/mol. The molecule has 4 N–H and O–H groups in total. The monoisotopic (exact) mass is 409 g/mol. The fraction of sp³-hybridized carbons (Fsp3) is 0.348. The molecule has 2 aromatic carbocycles. The number of hydrogen-bond acceptors (Lipinski definition) is 4. The lowest BCUT2D eigenvalue weighted by Crippen LogP contribution is -2.65. The van der Waals surface area contributed by atoms with Crippen molar-refractivity contribution in [1.82, 2.24) is 0 Å². The summed E-state index contributed by atoms with van der Waals surface area (Å²) in [6.45, 7) is 6.97. The van der Waals surface area contributed by atoms with Gasteiger partial charge in [-0.15, -0.1) is 0 Å². The van der Waals surface area contributed by atoms with E-state index >= 15 is 0 Å². The van der Waals surface area contributed by atoms with E-state index in [4.69, 9.17) is 16.2 Å². The third-order valence-electron chi connectivity index (χ3n) is 6.00. The second-order valence-corrected chi connectivity index (χ2v) is 8.34. The number of nitrogens with zero attached hydrogens (tertiary/aromatic N) is 1. The Morgan fingerprint density at radius 2 is 1.60 bits per heavy atom. The molecule has 0 saturated heterocycles. The van der Waals surface area contributed by atoms with Crippen LogP contribution in [0.25, 0.3) is 0 Å². The highest BCUT2D eigenvalue weighted by Crippen LogP contribution is 2.54. The first-order chi connectivity index (χ1) is 14.0. The van der Waals surface area contributed by atoms with Crippen LogP contribution in [0.5, 0.6) is 5.75 Å². The van der Waals surface area contributed by atoms with Crippen LogP contribution in [0.4, 0.5) is 5.69 Å². The molecular formula is C23H27N3O4. The molecule has 158 valence electrons. The highest BCUT2D eigenvalue weighted by Gasteiger charge is 2.57. The van der Waals surface area contributed by atoms with Crippen molar-refractivity contribution in [3.8, 4) is 5.75 Å². The van der Waals surface area contributed by atoms with Crippen molar-refractivity contribution in [2.24, 2.45) is 17.4 Å². The zero-order chi connectivity index (χ0) is 22.3. The van der Waals surface area contributed by atoms with Crippen LogP contribution >= 0.6 is 0 Å². The number of primary amides is 2. The number of nitrogens with two attached hydrogens (primary N) is 2. The molecule has 1 aliphatic heterocycles. The van der Waals surface area contributed by atoms with Gasteiger partial charge in [0.1, 0.15) is 5.75 Å². The molecule has 2 unspecified atom stereocenters. The number of rotatable bonds is 5. The first-order valence-corrected chi connectivity index (χ1v) is 9.72. The van der Waals surface area contributed by atoms with Crippen LogP contribution in [0.15, 0.2) is 48.5 Å². The predicted molar refractivity (Wildman–Crippen MR) is 114 cm³/mol. The van der Waals surface area contributed by atoms with Crippen LogP contribution in [0, 0.1) is 5.92 Å². The Hall–Kier alpha value is -3.35. The predicted octanol–water partition coefficient (Wildman–Crippen LogP) is 2.10. The molecule has 0 radical (unpaired) electrons. The van der Waals surface area contributed by atoms with Crippen molar-refractivity contribution >= 4 is 23.4 Å². The molecule has 0 spiro atoms. The third-order valence-corrected chi connectivity index (χ3v) is 6.00. The van der Waals surface area contributed by atoms with Crippen molar-refractivity contribution in [2.45, 2.75) is 38.6 Å². The fourth-order valence-electron chi connectivity index (χ4n) is 4.99. The van der Waals surface area contributed by atoms with Crippen LogP contribution < -0.4 is 21.1 Å². The minimum Gasteiger partial charge on any atom is -0.484 e. The Bertz CT molecular complexity index is 1000. The van der Waals surface area contributed by atoms with Gasteiger partial charge >= 0.3 is 0 Å². The third kappa shape index (κ3) is 3.30. The second kappa shape index (κ2) is 7.48. The standard InChI is InChI=1S/C23H27N3O4/c1-14(27)26-18-8-6-5-7-17(18)23(4,20(21(25)29)22(26,2)3)15-9-11-16(12-10-15)30-13-19(24)28/h5-12,20H,13H2,1-4H3,(H2,24,28)(H2,25,29). The summed E-state index contributed by atoms with van der Waals surface area (Å²) in [4.78, 5) is 38.0. The minimum atomic E-state index is -0.859. The summed E-state index contributed by atoms with van der Waals surface area (Å²) >= 11 is 0. The lowest BCUT2D eigenvalue weighted by molar-refractivity contribution is -0.127. The van der Waals surface area contributed by atoms with Crippen molar-refractivity contribution in [1.29, 1.82) is 0 Å². The van der Waals surface area contributed by atoms with E-state index < -0.39 is 28.7 Å². The maximum atomic E-state index is 12.8. The molecule has 1 aliphatic rings. The molecule has 7 nitrogen and oxygen atoms in total. The van der Waals surface area contributed by atoms with Gasteiger partial charge in [0.2, 0.25) is 11.8 Å². The van der Waals surface area contributed by atoms with Crippen LogP contribution in [0.3, 0.4) is 0 Å². The zero-order valence-electron chi connectivity index (χ0n) is 17.6. The first-order valence-electron chi connectivity index (χ1n) is 9.72. The normalized spacial score (nSPS) is 22.1. The Labute approximate surface area is 176 Å². The summed E-state index contributed by atoms with van der Waals surface area (Å²) in [6, 6.07) is 14.7. The molecule has 0 aliphatic carbocycles. The number of para-hydroxylation sites is 1. The van der Waals surface area contributed by atoms with Gasteiger partial charge in [-0.05, 0) is 43.2 Å². The van der Waals surface area contributed by atoms with Gasteiger partial charge in [0.05, 0.1) is 11.5 Å². The summed E-state index contributed by atoms with van der Waals surface area (Å²) in [5, 5.41) is 0. The van der Waals surface area contributed by atoms with Gasteiger partial charge < -0.3 is 21.1 Å². The zero-order valence-corrected chi connectivity index (χ0v) is 17.6. The van der Waals surface area contributed by atoms with E-state index in [1.807, 2.05) is 57.2 Å². The van der Waals surface area contributed by atoms with Crippen LogP contribution in [0.1, 0.15) is 38.8 Å². The molecular weight excluding hydrogens is 382 g/mol. The second-order valence-electron chi connectivity index (χ2n) is 8.34. The van der Waals surface area contributed by atoms with Crippen molar-refractivity contribution in [3.63, 3.8) is 0 Å². The summed E-state index contributed by atoms with van der Waals surface area (Å²) in [5.74, 6) is -1.41. The first kappa shape index (κ1) is 21.4. The lowest BCUT2D eigenvalue weighted by Gasteiger charge is -2.55. The average Bonchev–Trinajstić information content (AvgIpc) is 2.65. The summed E-state index contributed by atoms with van der Waals surface area (Å²) in [7, 11) is 0. The van der Waals surface area contributed by atoms with Gasteiger partial charge in [-0.1, -0.05) is 37.3 Å². The summed E-state index contributed by atoms with van der Waals surface area (Å²) in [5.41, 5.74) is 11.9. The molecule has 2 aromatic rings. The van der Waals surface area contributed by atoms with Crippen molar-refractivity contribution in [3.05, 3.63) is 59.7 Å². The number of hydrogen-bond donors (Lipinski definition) is 2. The van der Waals surface area contributed by atoms with Gasteiger partial charge in [0.25, 0.3) is 5.91 Å². The van der Waals surface area contributed by atoms with E-state index in [9.17, 15) is 14.4 Å². The Balaban J connectivity index is 2.21. The Morgan fingerprint density at radius 3 is 2.13 bits per heavy atom. The lowest BCUT2D eigenvalue weighted by atomic mass is 9.57. The van der Waals surface area contributed by atoms with Gasteiger partial charge in [0.15, 0.2) is 6.61 Å². The molecule has 0 fully saturated rings. The fourth-order valence-corrected chi connectivity index (χ4v) is 4.99. The van der Waals surface area contributed by atoms with Crippen LogP contribution in [-0.4, -0.2) is 29.9 Å². The van der Waals surface area contributed by atoms with E-state index in [-0.39, 0.29) is 12.5 Å². The maximum absolute atomic E-state index is 12.8. The Morgan fingerprint density at radius 1 is 1.00 bits per heavy atom. The number of amides is 3. The van der Waals surface area contributed by atoms with E-state index in [1.165, 1.54) is 6.92 Å². The number of carbonyl (C=O) groups excluding carboxylic acids is 3. The van der Waals surface area contributed by atoms with Crippen molar-refractivity contribution in [2.75, 3.05) is 11.5 Å². The highest BCUT2D eigenvalue weighted by molar-refractivity contribution is 5.98. The Kier molecular flexibility index (Phi) is 5.33. The number of fused-ring (bicyclic) bond motifs is 1. The molecule has 2 atom stereocenters. The molecule has 0 bridgehead atoms.